The van der Waals surface area contributed by atoms with Crippen molar-refractivity contribution in [1.29, 1.82) is 0 Å². The molecule has 0 spiro atoms. The van der Waals surface area contributed by atoms with Crippen LogP contribution in [-0.2, 0) is 0 Å². The summed E-state index contributed by atoms with van der Waals surface area (Å²) in [6.45, 7) is 0.567. The molecule has 0 atom stereocenters. The average molecular weight is 279 g/mol. The van der Waals surface area contributed by atoms with Gasteiger partial charge in [-0.25, -0.2) is 0 Å². The van der Waals surface area contributed by atoms with Crippen LogP contribution in [0.25, 0.3) is 0 Å². The summed E-state index contributed by atoms with van der Waals surface area (Å²) in [4.78, 5) is 14.4. The summed E-state index contributed by atoms with van der Waals surface area (Å²) in [6, 6.07) is 4.87. The van der Waals surface area contributed by atoms with Gasteiger partial charge in [0.2, 0.25) is 0 Å². The summed E-state index contributed by atoms with van der Waals surface area (Å²) >= 11 is 0. The largest absolute Gasteiger partial charge is 0.507 e. The molecule has 1 aromatic rings. The maximum atomic E-state index is 12.6. The van der Waals surface area contributed by atoms with Gasteiger partial charge >= 0.3 is 0 Å². The molecule has 0 unspecified atom stereocenters. The molecule has 0 saturated heterocycles. The summed E-state index contributed by atoms with van der Waals surface area (Å²) in [5.74, 6) is 0.311. The summed E-state index contributed by atoms with van der Waals surface area (Å²) in [7, 11) is 1.52. The molecule has 110 valence electrons. The molecule has 2 rings (SSSR count). The van der Waals surface area contributed by atoms with Gasteiger partial charge in [0.25, 0.3) is 5.91 Å². The molecular weight excluding hydrogens is 258 g/mol. The normalized spacial score (nSPS) is 14.7. The first kappa shape index (κ1) is 14.7. The number of methoxy groups -OCH3 is 1. The molecule has 1 fully saturated rings. The number of hydrogen-bond acceptors (Lipinski definition) is 4. The molecular formula is C15H21NO4. The Morgan fingerprint density at radius 2 is 2.20 bits per heavy atom. The molecule has 5 nitrogen and oxygen atoms in total. The van der Waals surface area contributed by atoms with Gasteiger partial charge in [-0.3, -0.25) is 4.79 Å². The van der Waals surface area contributed by atoms with Crippen molar-refractivity contribution in [3.8, 4) is 11.5 Å². The Balaban J connectivity index is 2.21. The van der Waals surface area contributed by atoms with Gasteiger partial charge in [0, 0.05) is 19.2 Å². The van der Waals surface area contributed by atoms with E-state index in [1.54, 1.807) is 17.0 Å². The van der Waals surface area contributed by atoms with Gasteiger partial charge in [0.15, 0.2) is 0 Å². The highest BCUT2D eigenvalue weighted by Gasteiger charge is 2.30. The van der Waals surface area contributed by atoms with Crippen LogP contribution in [0.3, 0.4) is 0 Å². The molecule has 2 N–H and O–H groups in total. The van der Waals surface area contributed by atoms with E-state index in [0.717, 1.165) is 19.3 Å². The standard InChI is InChI=1S/C15H21NO4/c1-20-12-6-7-14(18)13(10-12)15(19)16(8-3-9-17)11-4-2-5-11/h6-7,10-11,17-18H,2-5,8-9H2,1H3. The van der Waals surface area contributed by atoms with Crippen LogP contribution >= 0.6 is 0 Å². The molecule has 5 heteroatoms. The third-order valence-corrected chi connectivity index (χ3v) is 3.77. The number of benzene rings is 1. The van der Waals surface area contributed by atoms with E-state index in [1.807, 2.05) is 0 Å². The zero-order valence-corrected chi connectivity index (χ0v) is 11.7. The Hall–Kier alpha value is -1.75. The second kappa shape index (κ2) is 6.61. The summed E-state index contributed by atoms with van der Waals surface area (Å²) in [5.41, 5.74) is 0.259. The van der Waals surface area contributed by atoms with E-state index in [9.17, 15) is 9.90 Å². The number of nitrogens with zero attached hydrogens (tertiary/aromatic N) is 1. The monoisotopic (exact) mass is 279 g/mol. The molecule has 1 saturated carbocycles. The van der Waals surface area contributed by atoms with Crippen LogP contribution in [0.2, 0.25) is 0 Å². The topological polar surface area (TPSA) is 70.0 Å². The molecule has 20 heavy (non-hydrogen) atoms. The van der Waals surface area contributed by atoms with Crippen molar-refractivity contribution in [1.82, 2.24) is 4.90 Å². The van der Waals surface area contributed by atoms with Crippen molar-refractivity contribution < 1.29 is 19.7 Å². The van der Waals surface area contributed by atoms with Gasteiger partial charge in [0.05, 0.1) is 12.7 Å². The first-order valence-electron chi connectivity index (χ1n) is 6.96. The fourth-order valence-electron chi connectivity index (χ4n) is 2.36. The number of aliphatic hydroxyl groups excluding tert-OH is 1. The first-order valence-corrected chi connectivity index (χ1v) is 6.96. The first-order chi connectivity index (χ1) is 9.67. The lowest BCUT2D eigenvalue weighted by molar-refractivity contribution is 0.0559. The molecule has 1 amide bonds. The number of hydrogen-bond donors (Lipinski definition) is 2. The number of aliphatic hydroxyl groups is 1. The van der Waals surface area contributed by atoms with Gasteiger partial charge in [-0.05, 0) is 43.9 Å². The van der Waals surface area contributed by atoms with Gasteiger partial charge in [-0.2, -0.15) is 0 Å². The predicted molar refractivity (Wildman–Crippen MR) is 75.0 cm³/mol. The van der Waals surface area contributed by atoms with E-state index in [4.69, 9.17) is 9.84 Å². The van der Waals surface area contributed by atoms with Crippen molar-refractivity contribution in [2.45, 2.75) is 31.7 Å². The fourth-order valence-corrected chi connectivity index (χ4v) is 2.36. The number of ether oxygens (including phenoxy) is 1. The smallest absolute Gasteiger partial charge is 0.257 e. The molecule has 0 radical (unpaired) electrons. The molecule has 0 aliphatic heterocycles. The van der Waals surface area contributed by atoms with Gasteiger partial charge < -0.3 is 19.8 Å². The van der Waals surface area contributed by atoms with Gasteiger partial charge in [0.1, 0.15) is 11.5 Å². The van der Waals surface area contributed by atoms with Crippen LogP contribution in [0.1, 0.15) is 36.0 Å². The minimum absolute atomic E-state index is 0.0379. The summed E-state index contributed by atoms with van der Waals surface area (Å²) in [5, 5.41) is 18.9. The van der Waals surface area contributed by atoms with Crippen molar-refractivity contribution in [2.24, 2.45) is 0 Å². The lowest BCUT2D eigenvalue weighted by Gasteiger charge is -2.37. The van der Waals surface area contributed by atoms with E-state index in [0.29, 0.717) is 18.7 Å². The van der Waals surface area contributed by atoms with Crippen LogP contribution in [0.4, 0.5) is 0 Å². The van der Waals surface area contributed by atoms with Crippen molar-refractivity contribution in [3.63, 3.8) is 0 Å². The Kier molecular flexibility index (Phi) is 4.84. The van der Waals surface area contributed by atoms with E-state index < -0.39 is 0 Å². The molecule has 1 aromatic carbocycles. The van der Waals surface area contributed by atoms with Crippen LogP contribution in [0.5, 0.6) is 11.5 Å². The van der Waals surface area contributed by atoms with Crippen molar-refractivity contribution >= 4 is 5.91 Å². The van der Waals surface area contributed by atoms with Crippen molar-refractivity contribution in [3.05, 3.63) is 23.8 Å². The second-order valence-corrected chi connectivity index (χ2v) is 5.04. The van der Waals surface area contributed by atoms with Crippen LogP contribution in [0.15, 0.2) is 18.2 Å². The van der Waals surface area contributed by atoms with Crippen molar-refractivity contribution in [2.75, 3.05) is 20.3 Å². The molecule has 1 aliphatic rings. The predicted octanol–water partition coefficient (Wildman–Crippen LogP) is 1.78. The minimum atomic E-state index is -0.195. The highest BCUT2D eigenvalue weighted by atomic mass is 16.5. The Labute approximate surface area is 118 Å². The quantitative estimate of drug-likeness (QED) is 0.832. The third-order valence-electron chi connectivity index (χ3n) is 3.77. The zero-order valence-electron chi connectivity index (χ0n) is 11.7. The number of aromatic hydroxyl groups is 1. The fraction of sp³-hybridized carbons (Fsp3) is 0.533. The van der Waals surface area contributed by atoms with Crippen LogP contribution < -0.4 is 4.74 Å². The van der Waals surface area contributed by atoms with Gasteiger partial charge in [-0.1, -0.05) is 0 Å². The maximum absolute atomic E-state index is 12.6. The van der Waals surface area contributed by atoms with E-state index in [1.165, 1.54) is 13.2 Å². The Morgan fingerprint density at radius 3 is 2.75 bits per heavy atom. The lowest BCUT2D eigenvalue weighted by Crippen LogP contribution is -2.45. The molecule has 0 heterocycles. The number of amides is 1. The zero-order chi connectivity index (χ0) is 14.5. The van der Waals surface area contributed by atoms with E-state index in [-0.39, 0.29) is 29.9 Å². The summed E-state index contributed by atoms with van der Waals surface area (Å²) < 4.78 is 5.10. The Bertz CT molecular complexity index is 471. The number of carbonyl (C=O) groups is 1. The number of phenolic OH excluding ortho intramolecular Hbond substituents is 1. The molecule has 0 aromatic heterocycles. The van der Waals surface area contributed by atoms with E-state index in [2.05, 4.69) is 0 Å². The molecule has 0 bridgehead atoms. The van der Waals surface area contributed by atoms with Crippen LogP contribution in [-0.4, -0.2) is 47.3 Å². The summed E-state index contributed by atoms with van der Waals surface area (Å²) in [6.07, 6.45) is 3.65. The highest BCUT2D eigenvalue weighted by molar-refractivity contribution is 5.97. The minimum Gasteiger partial charge on any atom is -0.507 e. The SMILES string of the molecule is COc1ccc(O)c(C(=O)N(CCCO)C2CCC2)c1. The number of carbonyl (C=O) groups excluding carboxylic acids is 1. The number of phenols is 1. The van der Waals surface area contributed by atoms with Crippen LogP contribution in [0, 0.1) is 0 Å². The Morgan fingerprint density at radius 1 is 1.45 bits per heavy atom. The average Bonchev–Trinajstić information content (AvgIpc) is 2.41. The van der Waals surface area contributed by atoms with E-state index >= 15 is 0 Å². The second-order valence-electron chi connectivity index (χ2n) is 5.04. The number of rotatable bonds is 6. The lowest BCUT2D eigenvalue weighted by atomic mass is 9.90. The third kappa shape index (κ3) is 3.04. The molecule has 1 aliphatic carbocycles. The highest BCUT2D eigenvalue weighted by Crippen LogP contribution is 2.30. The maximum Gasteiger partial charge on any atom is 0.257 e. The van der Waals surface area contributed by atoms with Gasteiger partial charge in [-0.15, -0.1) is 0 Å².